The molecule has 0 aliphatic carbocycles. The Hall–Kier alpha value is -4.21. The van der Waals surface area contributed by atoms with Crippen LogP contribution in [0.4, 0.5) is 15.0 Å². The Balaban J connectivity index is 1.64. The number of rotatable bonds is 8. The van der Waals surface area contributed by atoms with Gasteiger partial charge in [0.05, 0.1) is 22.5 Å². The van der Waals surface area contributed by atoms with E-state index in [1.165, 1.54) is 11.0 Å². The number of aryl methyl sites for hydroxylation is 2. The highest BCUT2D eigenvalue weighted by Gasteiger charge is 2.24. The van der Waals surface area contributed by atoms with Crippen molar-refractivity contribution in [3.8, 4) is 11.4 Å². The Bertz CT molecular complexity index is 1510. The van der Waals surface area contributed by atoms with Gasteiger partial charge in [-0.1, -0.05) is 24.3 Å². The molecule has 2 heterocycles. The molecular formula is C30H37FN6O3. The molecule has 10 heteroatoms. The normalized spacial score (nSPS) is 12.3. The predicted octanol–water partition coefficient (Wildman–Crippen LogP) is 6.01. The molecule has 0 fully saturated rings. The highest BCUT2D eigenvalue weighted by molar-refractivity contribution is 5.92. The van der Waals surface area contributed by atoms with Crippen molar-refractivity contribution in [2.24, 2.45) is 0 Å². The third kappa shape index (κ3) is 6.32. The van der Waals surface area contributed by atoms with E-state index in [9.17, 15) is 9.18 Å². The number of anilines is 1. The minimum absolute atomic E-state index is 0.309. The van der Waals surface area contributed by atoms with Crippen molar-refractivity contribution in [3.05, 3.63) is 71.3 Å². The van der Waals surface area contributed by atoms with Gasteiger partial charge in [-0.25, -0.2) is 13.9 Å². The van der Waals surface area contributed by atoms with Crippen molar-refractivity contribution < 1.29 is 18.7 Å². The Morgan fingerprint density at radius 3 is 2.45 bits per heavy atom. The third-order valence-electron chi connectivity index (χ3n) is 6.43. The van der Waals surface area contributed by atoms with E-state index >= 15 is 0 Å². The van der Waals surface area contributed by atoms with E-state index in [1.807, 2.05) is 82.6 Å². The van der Waals surface area contributed by atoms with Crippen LogP contribution in [0, 0.1) is 19.7 Å². The number of amides is 1. The number of nitrogens with zero attached hydrogens (tertiary/aromatic N) is 6. The van der Waals surface area contributed by atoms with Gasteiger partial charge in [-0.2, -0.15) is 10.2 Å². The van der Waals surface area contributed by atoms with Crippen LogP contribution in [0.25, 0.3) is 16.6 Å². The van der Waals surface area contributed by atoms with E-state index in [2.05, 4.69) is 10.2 Å². The minimum atomic E-state index is -0.643. The van der Waals surface area contributed by atoms with E-state index in [-0.39, 0.29) is 5.82 Å². The highest BCUT2D eigenvalue weighted by atomic mass is 19.1. The molecule has 4 aromatic rings. The van der Waals surface area contributed by atoms with Gasteiger partial charge in [0.2, 0.25) is 0 Å². The van der Waals surface area contributed by atoms with Gasteiger partial charge in [0.15, 0.2) is 5.82 Å². The molecule has 2 aromatic heterocycles. The fourth-order valence-electron chi connectivity index (χ4n) is 4.47. The molecule has 0 saturated carbocycles. The molecule has 2 aromatic carbocycles. The van der Waals surface area contributed by atoms with Gasteiger partial charge in [-0.05, 0) is 52.8 Å². The molecule has 4 rings (SSSR count). The number of fused-ring (bicyclic) bond motifs is 1. The maximum absolute atomic E-state index is 14.9. The van der Waals surface area contributed by atoms with Gasteiger partial charge in [0.25, 0.3) is 0 Å². The number of halogens is 1. The molecule has 0 spiro atoms. The van der Waals surface area contributed by atoms with Gasteiger partial charge in [-0.3, -0.25) is 0 Å². The van der Waals surface area contributed by atoms with Crippen LogP contribution in [-0.2, 0) is 4.74 Å². The first kappa shape index (κ1) is 28.8. The molecule has 0 aliphatic rings. The zero-order valence-electron chi connectivity index (χ0n) is 24.4. The Kier molecular flexibility index (Phi) is 8.27. The molecule has 9 nitrogen and oxygen atoms in total. The quantitative estimate of drug-likeness (QED) is 0.266. The average Bonchev–Trinajstić information content (AvgIpc) is 3.23. The fourth-order valence-corrected chi connectivity index (χ4v) is 4.47. The van der Waals surface area contributed by atoms with Gasteiger partial charge in [0, 0.05) is 45.7 Å². The van der Waals surface area contributed by atoms with Crippen molar-refractivity contribution in [3.63, 3.8) is 0 Å². The van der Waals surface area contributed by atoms with E-state index in [0.29, 0.717) is 30.1 Å². The van der Waals surface area contributed by atoms with Crippen LogP contribution in [0.5, 0.6) is 5.75 Å². The van der Waals surface area contributed by atoms with E-state index in [0.717, 1.165) is 28.0 Å². The first-order valence-corrected chi connectivity index (χ1v) is 13.2. The SMILES string of the molecule is Cc1nnc(N(C)C)c2nn(-c3cccc(OC(CCN(C)C(=O)OC(C)(C)C)c4ccccc4F)c3)c(C)c12. The van der Waals surface area contributed by atoms with E-state index < -0.39 is 17.8 Å². The van der Waals surface area contributed by atoms with Gasteiger partial charge in [-0.15, -0.1) is 5.10 Å². The second-order valence-corrected chi connectivity index (χ2v) is 11.0. The molecule has 1 amide bonds. The summed E-state index contributed by atoms with van der Waals surface area (Å²) in [7, 11) is 5.47. The number of benzene rings is 2. The maximum atomic E-state index is 14.9. The van der Waals surface area contributed by atoms with Gasteiger partial charge >= 0.3 is 6.09 Å². The summed E-state index contributed by atoms with van der Waals surface area (Å²) >= 11 is 0. The standard InChI is InChI=1S/C30H37FN6O3/c1-19-26-20(2)37(34-27(26)28(33-32-19)35(6)7)21-12-11-13-22(18-21)39-25(23-14-9-10-15-24(23)31)16-17-36(8)29(38)40-30(3,4)5/h9-15,18,25H,16-17H2,1-8H3. The summed E-state index contributed by atoms with van der Waals surface area (Å²) in [4.78, 5) is 15.9. The highest BCUT2D eigenvalue weighted by Crippen LogP contribution is 2.31. The van der Waals surface area contributed by atoms with E-state index in [4.69, 9.17) is 14.6 Å². The lowest BCUT2D eigenvalue weighted by Crippen LogP contribution is -2.35. The largest absolute Gasteiger partial charge is 0.485 e. The second kappa shape index (κ2) is 11.5. The van der Waals surface area contributed by atoms with Gasteiger partial charge in [0.1, 0.15) is 28.8 Å². The average molecular weight is 549 g/mol. The summed E-state index contributed by atoms with van der Waals surface area (Å²) < 4.78 is 28.6. The zero-order chi connectivity index (χ0) is 29.2. The number of ether oxygens (including phenoxy) is 2. The first-order valence-electron chi connectivity index (χ1n) is 13.2. The van der Waals surface area contributed by atoms with Crippen LogP contribution >= 0.6 is 0 Å². The molecule has 0 aliphatic heterocycles. The fraction of sp³-hybridized carbons (Fsp3) is 0.400. The monoisotopic (exact) mass is 548 g/mol. The summed E-state index contributed by atoms with van der Waals surface area (Å²) in [6.07, 6.45) is -0.733. The topological polar surface area (TPSA) is 85.6 Å². The number of carbonyl (C=O) groups excluding carboxylic acids is 1. The molecule has 212 valence electrons. The number of aromatic nitrogens is 4. The number of hydrogen-bond acceptors (Lipinski definition) is 7. The molecule has 1 atom stereocenters. The van der Waals surface area contributed by atoms with Crippen molar-refractivity contribution >= 4 is 22.8 Å². The lowest BCUT2D eigenvalue weighted by molar-refractivity contribution is 0.0278. The number of hydrogen-bond donors (Lipinski definition) is 0. The Morgan fingerprint density at radius 1 is 1.05 bits per heavy atom. The van der Waals surface area contributed by atoms with Crippen molar-refractivity contribution in [2.45, 2.75) is 52.7 Å². The summed E-state index contributed by atoms with van der Waals surface area (Å²) in [5.74, 6) is 0.860. The molecule has 40 heavy (non-hydrogen) atoms. The minimum Gasteiger partial charge on any atom is -0.485 e. The number of carbonyl (C=O) groups is 1. The first-order chi connectivity index (χ1) is 18.9. The zero-order valence-corrected chi connectivity index (χ0v) is 24.4. The van der Waals surface area contributed by atoms with Crippen molar-refractivity contribution in [1.82, 2.24) is 24.9 Å². The summed E-state index contributed by atoms with van der Waals surface area (Å²) in [5.41, 5.74) is 3.07. The predicted molar refractivity (Wildman–Crippen MR) is 154 cm³/mol. The summed E-state index contributed by atoms with van der Waals surface area (Å²) in [5, 5.41) is 14.4. The molecule has 0 bridgehead atoms. The molecular weight excluding hydrogens is 511 g/mol. The lowest BCUT2D eigenvalue weighted by atomic mass is 10.1. The van der Waals surface area contributed by atoms with Crippen LogP contribution in [0.1, 0.15) is 50.2 Å². The van der Waals surface area contributed by atoms with Crippen LogP contribution in [0.3, 0.4) is 0 Å². The lowest BCUT2D eigenvalue weighted by Gasteiger charge is -2.26. The van der Waals surface area contributed by atoms with Crippen LogP contribution in [0.2, 0.25) is 0 Å². The van der Waals surface area contributed by atoms with Gasteiger partial charge < -0.3 is 19.3 Å². The van der Waals surface area contributed by atoms with Crippen molar-refractivity contribution in [2.75, 3.05) is 32.6 Å². The molecule has 0 saturated heterocycles. The molecule has 1 unspecified atom stereocenters. The Morgan fingerprint density at radius 2 is 1.77 bits per heavy atom. The smallest absolute Gasteiger partial charge is 0.410 e. The molecule has 0 N–H and O–H groups in total. The maximum Gasteiger partial charge on any atom is 0.410 e. The summed E-state index contributed by atoms with van der Waals surface area (Å²) in [6, 6.07) is 14.0. The van der Waals surface area contributed by atoms with E-state index in [1.54, 1.807) is 25.2 Å². The van der Waals surface area contributed by atoms with Crippen LogP contribution in [0.15, 0.2) is 48.5 Å². The molecule has 0 radical (unpaired) electrons. The van der Waals surface area contributed by atoms with Crippen LogP contribution < -0.4 is 9.64 Å². The van der Waals surface area contributed by atoms with Crippen LogP contribution in [-0.4, -0.2) is 64.3 Å². The van der Waals surface area contributed by atoms with Crippen molar-refractivity contribution in [1.29, 1.82) is 0 Å². The second-order valence-electron chi connectivity index (χ2n) is 11.0. The Labute approximate surface area is 234 Å². The summed E-state index contributed by atoms with van der Waals surface area (Å²) in [6.45, 7) is 9.67. The third-order valence-corrected chi connectivity index (χ3v) is 6.43.